The lowest BCUT2D eigenvalue weighted by Crippen LogP contribution is -2.51. The number of fused-ring (bicyclic) bond motifs is 6. The molecular formula is C12H16N2OS. The molecule has 3 nitrogen and oxygen atoms in total. The highest BCUT2D eigenvalue weighted by molar-refractivity contribution is 8.13. The van der Waals surface area contributed by atoms with Crippen molar-refractivity contribution >= 4 is 22.8 Å². The van der Waals surface area contributed by atoms with Crippen LogP contribution in [0.2, 0.25) is 0 Å². The predicted octanol–water partition coefficient (Wildman–Crippen LogP) is 1.74. The summed E-state index contributed by atoms with van der Waals surface area (Å²) in [7, 11) is 0. The summed E-state index contributed by atoms with van der Waals surface area (Å²) in [5, 5.41) is 1.03. The van der Waals surface area contributed by atoms with E-state index in [9.17, 15) is 4.79 Å². The van der Waals surface area contributed by atoms with Crippen LogP contribution in [0.25, 0.3) is 0 Å². The van der Waals surface area contributed by atoms with Crippen LogP contribution in [-0.2, 0) is 4.79 Å². The fraction of sp³-hybridized carbons (Fsp3) is 0.833. The molecule has 0 aromatic rings. The van der Waals surface area contributed by atoms with Crippen molar-refractivity contribution in [3.05, 3.63) is 0 Å². The van der Waals surface area contributed by atoms with E-state index < -0.39 is 0 Å². The van der Waals surface area contributed by atoms with Gasteiger partial charge in [-0.15, -0.1) is 0 Å². The summed E-state index contributed by atoms with van der Waals surface area (Å²) in [6.07, 6.45) is 4.96. The molecule has 16 heavy (non-hydrogen) atoms. The first-order chi connectivity index (χ1) is 7.84. The molecule has 4 heteroatoms. The lowest BCUT2D eigenvalue weighted by Gasteiger charge is -2.39. The normalized spacial score (nSPS) is 45.4. The second-order valence-corrected chi connectivity index (χ2v) is 6.52. The number of carbonyl (C=O) groups is 1. The third kappa shape index (κ3) is 1.11. The molecule has 2 aliphatic heterocycles. The van der Waals surface area contributed by atoms with E-state index in [0.29, 0.717) is 17.9 Å². The minimum atomic E-state index is 0.251. The Labute approximate surface area is 99.7 Å². The SMILES string of the molecule is O=C1[C@H]2[C@H]3CC[C@H](C3)[C@H]2N=C2SCCCN12. The summed E-state index contributed by atoms with van der Waals surface area (Å²) in [5.74, 6) is 3.15. The number of amidine groups is 1. The standard InChI is InChI=1S/C12H16N2OS/c15-11-9-7-2-3-8(6-7)10(9)13-12-14(11)4-1-5-16-12/h7-10H,1-6H2/t7-,8+,9-,10+/m0/s1. The number of carbonyl (C=O) groups excluding carboxylic acids is 1. The molecule has 86 valence electrons. The van der Waals surface area contributed by atoms with E-state index >= 15 is 0 Å². The molecule has 0 aromatic carbocycles. The Bertz CT molecular complexity index is 381. The smallest absolute Gasteiger partial charge is 0.234 e. The van der Waals surface area contributed by atoms with Gasteiger partial charge < -0.3 is 0 Å². The number of aliphatic imine (C=N–C) groups is 1. The van der Waals surface area contributed by atoms with Crippen molar-refractivity contribution in [3.8, 4) is 0 Å². The van der Waals surface area contributed by atoms with Gasteiger partial charge in [-0.2, -0.15) is 0 Å². The van der Waals surface area contributed by atoms with Gasteiger partial charge in [0.05, 0.1) is 12.0 Å². The Morgan fingerprint density at radius 2 is 2.19 bits per heavy atom. The van der Waals surface area contributed by atoms with Crippen LogP contribution in [0, 0.1) is 17.8 Å². The molecule has 2 bridgehead atoms. The molecule has 0 N–H and O–H groups in total. The first-order valence-electron chi connectivity index (χ1n) is 6.36. The number of hydrogen-bond acceptors (Lipinski definition) is 3. The molecular weight excluding hydrogens is 220 g/mol. The summed E-state index contributed by atoms with van der Waals surface area (Å²) in [6.45, 7) is 0.908. The summed E-state index contributed by atoms with van der Waals surface area (Å²) in [5.41, 5.74) is 0. The van der Waals surface area contributed by atoms with E-state index in [1.165, 1.54) is 19.3 Å². The van der Waals surface area contributed by atoms with Crippen molar-refractivity contribution in [2.24, 2.45) is 22.7 Å². The largest absolute Gasteiger partial charge is 0.291 e. The zero-order chi connectivity index (χ0) is 10.7. The number of amides is 1. The lowest BCUT2D eigenvalue weighted by molar-refractivity contribution is -0.134. The number of nitrogens with zero attached hydrogens (tertiary/aromatic N) is 2. The lowest BCUT2D eigenvalue weighted by atomic mass is 9.83. The molecule has 2 saturated carbocycles. The molecule has 4 aliphatic rings. The average Bonchev–Trinajstić information content (AvgIpc) is 2.90. The van der Waals surface area contributed by atoms with Crippen molar-refractivity contribution in [1.29, 1.82) is 0 Å². The maximum absolute atomic E-state index is 12.5. The zero-order valence-corrected chi connectivity index (χ0v) is 10.1. The molecule has 2 aliphatic carbocycles. The van der Waals surface area contributed by atoms with E-state index in [-0.39, 0.29) is 5.92 Å². The van der Waals surface area contributed by atoms with E-state index in [2.05, 4.69) is 0 Å². The van der Waals surface area contributed by atoms with Crippen LogP contribution in [0.3, 0.4) is 0 Å². The summed E-state index contributed by atoms with van der Waals surface area (Å²) in [6, 6.07) is 0.350. The van der Waals surface area contributed by atoms with Crippen LogP contribution in [0.1, 0.15) is 25.7 Å². The molecule has 0 unspecified atom stereocenters. The molecule has 4 rings (SSSR count). The van der Waals surface area contributed by atoms with Gasteiger partial charge in [0.25, 0.3) is 0 Å². The maximum Gasteiger partial charge on any atom is 0.234 e. The third-order valence-electron chi connectivity index (χ3n) is 4.67. The first kappa shape index (κ1) is 9.51. The zero-order valence-electron chi connectivity index (χ0n) is 9.26. The Balaban J connectivity index is 1.75. The second kappa shape index (κ2) is 3.25. The maximum atomic E-state index is 12.5. The van der Waals surface area contributed by atoms with Crippen molar-refractivity contribution in [3.63, 3.8) is 0 Å². The molecule has 0 aromatic heterocycles. The third-order valence-corrected chi connectivity index (χ3v) is 5.75. The molecule has 2 heterocycles. The predicted molar refractivity (Wildman–Crippen MR) is 64.3 cm³/mol. The highest BCUT2D eigenvalue weighted by Crippen LogP contribution is 2.52. The van der Waals surface area contributed by atoms with Gasteiger partial charge in [-0.25, -0.2) is 0 Å². The fourth-order valence-electron chi connectivity index (χ4n) is 3.97. The Morgan fingerprint density at radius 1 is 1.31 bits per heavy atom. The molecule has 3 fully saturated rings. The Morgan fingerprint density at radius 3 is 3.12 bits per heavy atom. The molecule has 4 atom stereocenters. The molecule has 0 radical (unpaired) electrons. The Hall–Kier alpha value is -0.510. The van der Waals surface area contributed by atoms with Crippen LogP contribution in [0.5, 0.6) is 0 Å². The number of hydrogen-bond donors (Lipinski definition) is 0. The van der Waals surface area contributed by atoms with Gasteiger partial charge in [-0.3, -0.25) is 14.7 Å². The van der Waals surface area contributed by atoms with Gasteiger partial charge in [0.2, 0.25) is 5.91 Å². The van der Waals surface area contributed by atoms with E-state index in [4.69, 9.17) is 4.99 Å². The van der Waals surface area contributed by atoms with Crippen molar-refractivity contribution in [2.45, 2.75) is 31.7 Å². The average molecular weight is 236 g/mol. The minimum Gasteiger partial charge on any atom is -0.291 e. The fourth-order valence-corrected chi connectivity index (χ4v) is 4.96. The number of rotatable bonds is 0. The summed E-state index contributed by atoms with van der Waals surface area (Å²) < 4.78 is 0. The highest BCUT2D eigenvalue weighted by atomic mass is 32.2. The van der Waals surface area contributed by atoms with Gasteiger partial charge in [0.1, 0.15) is 0 Å². The van der Waals surface area contributed by atoms with Gasteiger partial charge in [-0.1, -0.05) is 11.8 Å². The van der Waals surface area contributed by atoms with Crippen molar-refractivity contribution < 1.29 is 4.79 Å². The van der Waals surface area contributed by atoms with Gasteiger partial charge in [0.15, 0.2) is 5.17 Å². The van der Waals surface area contributed by atoms with Crippen LogP contribution in [0.15, 0.2) is 4.99 Å². The van der Waals surface area contributed by atoms with Crippen LogP contribution < -0.4 is 0 Å². The van der Waals surface area contributed by atoms with Gasteiger partial charge in [-0.05, 0) is 37.5 Å². The monoisotopic (exact) mass is 236 g/mol. The highest BCUT2D eigenvalue weighted by Gasteiger charge is 2.54. The van der Waals surface area contributed by atoms with Gasteiger partial charge >= 0.3 is 0 Å². The van der Waals surface area contributed by atoms with Crippen LogP contribution >= 0.6 is 11.8 Å². The van der Waals surface area contributed by atoms with Crippen molar-refractivity contribution in [1.82, 2.24) is 4.90 Å². The van der Waals surface area contributed by atoms with E-state index in [0.717, 1.165) is 29.8 Å². The summed E-state index contributed by atoms with van der Waals surface area (Å²) in [4.78, 5) is 19.3. The van der Waals surface area contributed by atoms with Crippen molar-refractivity contribution in [2.75, 3.05) is 12.3 Å². The molecule has 1 saturated heterocycles. The number of thioether (sulfide) groups is 1. The molecule has 1 amide bonds. The van der Waals surface area contributed by atoms with Crippen LogP contribution in [-0.4, -0.2) is 34.3 Å². The second-order valence-electron chi connectivity index (χ2n) is 5.45. The molecule has 0 spiro atoms. The first-order valence-corrected chi connectivity index (χ1v) is 7.35. The topological polar surface area (TPSA) is 32.7 Å². The Kier molecular flexibility index (Phi) is 1.93. The van der Waals surface area contributed by atoms with Crippen LogP contribution in [0.4, 0.5) is 0 Å². The summed E-state index contributed by atoms with van der Waals surface area (Å²) >= 11 is 1.78. The quantitative estimate of drug-likeness (QED) is 0.642. The van der Waals surface area contributed by atoms with E-state index in [1.807, 2.05) is 4.90 Å². The van der Waals surface area contributed by atoms with E-state index in [1.54, 1.807) is 11.8 Å². The minimum absolute atomic E-state index is 0.251. The van der Waals surface area contributed by atoms with Gasteiger partial charge in [0, 0.05) is 12.3 Å².